The van der Waals surface area contributed by atoms with Crippen LogP contribution in [0.15, 0.2) is 35.4 Å². The van der Waals surface area contributed by atoms with Gasteiger partial charge in [-0.25, -0.2) is 18.6 Å². The molecule has 0 saturated carbocycles. The van der Waals surface area contributed by atoms with Gasteiger partial charge in [-0.05, 0) is 30.1 Å². The van der Waals surface area contributed by atoms with Gasteiger partial charge in [0.15, 0.2) is 0 Å². The monoisotopic (exact) mass is 381 g/mol. The number of halogens is 2. The van der Waals surface area contributed by atoms with E-state index in [1.54, 1.807) is 32.9 Å². The zero-order chi connectivity index (χ0) is 19.5. The van der Waals surface area contributed by atoms with Gasteiger partial charge in [-0.3, -0.25) is 4.79 Å². The predicted octanol–water partition coefficient (Wildman–Crippen LogP) is 4.16. The van der Waals surface area contributed by atoms with Crippen LogP contribution in [0.3, 0.4) is 0 Å². The molecule has 0 unspecified atom stereocenters. The lowest BCUT2D eigenvalue weighted by atomic mass is 9.96. The second-order valence-corrected chi connectivity index (χ2v) is 7.28. The van der Waals surface area contributed by atoms with Crippen LogP contribution in [0.25, 0.3) is 0 Å². The van der Waals surface area contributed by atoms with Crippen molar-refractivity contribution in [2.75, 3.05) is 10.0 Å². The summed E-state index contributed by atoms with van der Waals surface area (Å²) in [5, 5.41) is 11.4. The highest BCUT2D eigenvalue weighted by Crippen LogP contribution is 2.26. The molecule has 138 valence electrons. The van der Waals surface area contributed by atoms with Crippen molar-refractivity contribution in [2.24, 2.45) is 5.41 Å². The Morgan fingerprint density at radius 2 is 1.85 bits per heavy atom. The fourth-order valence-electron chi connectivity index (χ4n) is 1.72. The lowest BCUT2D eigenvalue weighted by Gasteiger charge is -2.17. The maximum atomic E-state index is 13.8. The Morgan fingerprint density at radius 3 is 2.38 bits per heavy atom. The van der Waals surface area contributed by atoms with Crippen LogP contribution < -0.4 is 10.0 Å². The number of hydrogen-bond acceptors (Lipinski definition) is 5. The van der Waals surface area contributed by atoms with Crippen LogP contribution >= 0.6 is 11.9 Å². The van der Waals surface area contributed by atoms with Crippen LogP contribution in [0.5, 0.6) is 0 Å². The molecule has 2 aromatic rings. The molecule has 1 amide bonds. The van der Waals surface area contributed by atoms with Crippen molar-refractivity contribution >= 4 is 35.3 Å². The van der Waals surface area contributed by atoms with Gasteiger partial charge in [0.05, 0.1) is 11.3 Å². The summed E-state index contributed by atoms with van der Waals surface area (Å²) in [5.74, 6) is -3.28. The second-order valence-electron chi connectivity index (χ2n) is 6.40. The van der Waals surface area contributed by atoms with E-state index in [9.17, 15) is 18.4 Å². The summed E-state index contributed by atoms with van der Waals surface area (Å²) in [6.07, 6.45) is 1.45. The van der Waals surface area contributed by atoms with E-state index in [2.05, 4.69) is 15.0 Å². The average Bonchev–Trinajstić information content (AvgIpc) is 2.55. The van der Waals surface area contributed by atoms with Crippen molar-refractivity contribution in [3.63, 3.8) is 0 Å². The lowest BCUT2D eigenvalue weighted by molar-refractivity contribution is -0.123. The molecular formula is C17H17F2N3O3S. The highest BCUT2D eigenvalue weighted by atomic mass is 32.2. The minimum absolute atomic E-state index is 0.181. The minimum Gasteiger partial charge on any atom is -0.478 e. The Kier molecular flexibility index (Phi) is 5.81. The van der Waals surface area contributed by atoms with Crippen LogP contribution in [-0.2, 0) is 4.79 Å². The first kappa shape index (κ1) is 19.6. The fraction of sp³-hybridized carbons (Fsp3) is 0.235. The lowest BCUT2D eigenvalue weighted by Crippen LogP contribution is -2.27. The van der Waals surface area contributed by atoms with E-state index in [1.165, 1.54) is 6.20 Å². The second kappa shape index (κ2) is 7.69. The number of carbonyl (C=O) groups excluding carboxylic acids is 1. The summed E-state index contributed by atoms with van der Waals surface area (Å²) in [7, 11) is 0. The number of hydrogen-bond donors (Lipinski definition) is 3. The number of carbonyl (C=O) groups is 2. The smallest absolute Gasteiger partial charge is 0.338 e. The van der Waals surface area contributed by atoms with Gasteiger partial charge in [0, 0.05) is 22.6 Å². The highest BCUT2D eigenvalue weighted by Gasteiger charge is 2.21. The molecule has 0 radical (unpaired) electrons. The Bertz CT molecular complexity index is 836. The number of amides is 1. The van der Waals surface area contributed by atoms with E-state index in [4.69, 9.17) is 5.11 Å². The summed E-state index contributed by atoms with van der Waals surface area (Å²) in [6.45, 7) is 5.33. The summed E-state index contributed by atoms with van der Waals surface area (Å²) in [4.78, 5) is 27.3. The van der Waals surface area contributed by atoms with Crippen LogP contribution in [0.2, 0.25) is 0 Å². The van der Waals surface area contributed by atoms with E-state index in [-0.39, 0.29) is 11.6 Å². The molecule has 0 atom stereocenters. The molecule has 0 saturated heterocycles. The SMILES string of the molecule is CC(C)(C)C(=O)Nc1ccc(SNc2cc(F)c(C(=O)O)cc2F)cn1. The molecule has 2 rings (SSSR count). The normalized spacial score (nSPS) is 11.1. The van der Waals surface area contributed by atoms with E-state index >= 15 is 0 Å². The first-order valence-electron chi connectivity index (χ1n) is 7.50. The molecule has 9 heteroatoms. The molecule has 0 aliphatic rings. The molecule has 0 fully saturated rings. The summed E-state index contributed by atoms with van der Waals surface area (Å²) >= 11 is 0.964. The number of carboxylic acids is 1. The quantitative estimate of drug-likeness (QED) is 0.674. The number of aromatic carboxylic acids is 1. The standard InChI is InChI=1S/C17H17F2N3O3S/c1-17(2,3)16(25)21-14-5-4-9(8-20-14)26-22-13-7-11(18)10(15(23)24)6-12(13)19/h4-8,22H,1-3H3,(H,23,24)(H,20,21,25). The molecule has 6 nitrogen and oxygen atoms in total. The Labute approximate surface area is 153 Å². The van der Waals surface area contributed by atoms with Gasteiger partial charge in [-0.15, -0.1) is 0 Å². The summed E-state index contributed by atoms with van der Waals surface area (Å²) in [6, 6.07) is 4.61. The predicted molar refractivity (Wildman–Crippen MR) is 95.1 cm³/mol. The molecular weight excluding hydrogens is 364 g/mol. The third kappa shape index (κ3) is 4.92. The van der Waals surface area contributed by atoms with Crippen LogP contribution in [0.1, 0.15) is 31.1 Å². The molecule has 0 aliphatic carbocycles. The van der Waals surface area contributed by atoms with Gasteiger partial charge >= 0.3 is 5.97 Å². The molecule has 1 aromatic heterocycles. The Morgan fingerprint density at radius 1 is 1.15 bits per heavy atom. The van der Waals surface area contributed by atoms with Gasteiger partial charge in [0.25, 0.3) is 0 Å². The third-order valence-corrected chi connectivity index (χ3v) is 4.02. The van der Waals surface area contributed by atoms with Gasteiger partial charge < -0.3 is 15.1 Å². The van der Waals surface area contributed by atoms with Crippen LogP contribution in [0, 0.1) is 17.0 Å². The van der Waals surface area contributed by atoms with Crippen LogP contribution in [0.4, 0.5) is 20.3 Å². The number of rotatable bonds is 5. The highest BCUT2D eigenvalue weighted by molar-refractivity contribution is 8.00. The van der Waals surface area contributed by atoms with Crippen molar-refractivity contribution in [2.45, 2.75) is 25.7 Å². The number of benzene rings is 1. The van der Waals surface area contributed by atoms with Crippen molar-refractivity contribution < 1.29 is 23.5 Å². The number of carboxylic acid groups (broad SMARTS) is 1. The van der Waals surface area contributed by atoms with Gasteiger partial charge in [-0.2, -0.15) is 0 Å². The minimum atomic E-state index is -1.54. The van der Waals surface area contributed by atoms with Gasteiger partial charge in [0.2, 0.25) is 5.91 Å². The zero-order valence-corrected chi connectivity index (χ0v) is 15.1. The molecule has 0 aliphatic heterocycles. The molecule has 0 bridgehead atoms. The van der Waals surface area contributed by atoms with Crippen molar-refractivity contribution in [1.29, 1.82) is 0 Å². The van der Waals surface area contributed by atoms with E-state index < -0.39 is 28.6 Å². The van der Waals surface area contributed by atoms with Crippen molar-refractivity contribution in [3.8, 4) is 0 Å². The topological polar surface area (TPSA) is 91.3 Å². The summed E-state index contributed by atoms with van der Waals surface area (Å²) < 4.78 is 30.1. The van der Waals surface area contributed by atoms with E-state index in [0.717, 1.165) is 18.0 Å². The first-order valence-corrected chi connectivity index (χ1v) is 8.32. The number of anilines is 2. The van der Waals surface area contributed by atoms with E-state index in [1.807, 2.05) is 0 Å². The maximum Gasteiger partial charge on any atom is 0.338 e. The van der Waals surface area contributed by atoms with Crippen LogP contribution in [-0.4, -0.2) is 22.0 Å². The number of nitrogens with one attached hydrogen (secondary N) is 2. The first-order chi connectivity index (χ1) is 12.1. The third-order valence-electron chi connectivity index (χ3n) is 3.23. The molecule has 0 spiro atoms. The fourth-order valence-corrected chi connectivity index (χ4v) is 2.35. The maximum absolute atomic E-state index is 13.8. The molecule has 3 N–H and O–H groups in total. The average molecular weight is 381 g/mol. The molecule has 1 aromatic carbocycles. The number of pyridine rings is 1. The molecule has 1 heterocycles. The van der Waals surface area contributed by atoms with Gasteiger partial charge in [-0.1, -0.05) is 20.8 Å². The largest absolute Gasteiger partial charge is 0.478 e. The molecule has 26 heavy (non-hydrogen) atoms. The number of aromatic nitrogens is 1. The van der Waals surface area contributed by atoms with Crippen molar-refractivity contribution in [1.82, 2.24) is 4.98 Å². The zero-order valence-electron chi connectivity index (χ0n) is 14.3. The van der Waals surface area contributed by atoms with E-state index in [0.29, 0.717) is 16.8 Å². The summed E-state index contributed by atoms with van der Waals surface area (Å²) in [5.41, 5.74) is -1.48. The Balaban J connectivity index is 2.03. The number of nitrogens with zero attached hydrogens (tertiary/aromatic N) is 1. The van der Waals surface area contributed by atoms with Crippen molar-refractivity contribution in [3.05, 3.63) is 47.7 Å². The van der Waals surface area contributed by atoms with Gasteiger partial charge in [0.1, 0.15) is 17.5 Å². The Hall–Kier alpha value is -2.68.